The number of anilines is 1. The van der Waals surface area contributed by atoms with Crippen molar-refractivity contribution in [2.24, 2.45) is 0 Å². The van der Waals surface area contributed by atoms with Gasteiger partial charge in [0.15, 0.2) is 0 Å². The zero-order valence-electron chi connectivity index (χ0n) is 16.4. The molecule has 0 spiro atoms. The van der Waals surface area contributed by atoms with Gasteiger partial charge in [-0.25, -0.2) is 14.8 Å². The molecule has 3 heterocycles. The maximum atomic E-state index is 11.9. The first-order valence-corrected chi connectivity index (χ1v) is 9.45. The average Bonchev–Trinajstić information content (AvgIpc) is 3.04. The van der Waals surface area contributed by atoms with E-state index < -0.39 is 11.7 Å². The molecule has 8 heteroatoms. The third-order valence-corrected chi connectivity index (χ3v) is 4.59. The van der Waals surface area contributed by atoms with E-state index in [1.54, 1.807) is 6.33 Å². The lowest BCUT2D eigenvalue weighted by Gasteiger charge is -2.34. The molecule has 8 nitrogen and oxygen atoms in total. The maximum Gasteiger partial charge on any atom is 0.407 e. The number of aromatic amines is 1. The van der Waals surface area contributed by atoms with Crippen LogP contribution in [-0.4, -0.2) is 59.0 Å². The van der Waals surface area contributed by atoms with Crippen molar-refractivity contribution in [2.75, 3.05) is 31.1 Å². The fourth-order valence-corrected chi connectivity index (χ4v) is 3.44. The zero-order chi connectivity index (χ0) is 19.7. The maximum absolute atomic E-state index is 11.9. The quantitative estimate of drug-likeness (QED) is 0.723. The van der Waals surface area contributed by atoms with Gasteiger partial charge >= 0.3 is 6.09 Å². The van der Waals surface area contributed by atoms with Gasteiger partial charge in [-0.3, -0.25) is 0 Å². The summed E-state index contributed by atoms with van der Waals surface area (Å²) < 4.78 is 11.1. The van der Waals surface area contributed by atoms with Crippen molar-refractivity contribution in [3.8, 4) is 0 Å². The van der Waals surface area contributed by atoms with Gasteiger partial charge in [-0.1, -0.05) is 18.2 Å². The monoisotopic (exact) mass is 383 g/mol. The minimum Gasteiger partial charge on any atom is -0.444 e. The van der Waals surface area contributed by atoms with E-state index in [1.165, 1.54) is 0 Å². The molecule has 1 unspecified atom stereocenters. The number of hydrogen-bond donors (Lipinski definition) is 2. The molecule has 2 N–H and O–H groups in total. The summed E-state index contributed by atoms with van der Waals surface area (Å²) in [7, 11) is 0. The van der Waals surface area contributed by atoms with Crippen LogP contribution in [0.4, 0.5) is 10.6 Å². The molecule has 1 aliphatic heterocycles. The van der Waals surface area contributed by atoms with Crippen molar-refractivity contribution in [3.63, 3.8) is 0 Å². The minimum absolute atomic E-state index is 0.142. The lowest BCUT2D eigenvalue weighted by molar-refractivity contribution is 0.0282. The van der Waals surface area contributed by atoms with Crippen LogP contribution in [0.5, 0.6) is 0 Å². The Kier molecular flexibility index (Phi) is 4.80. The number of carbonyl (C=O) groups excluding carboxylic acids is 1. The molecule has 0 radical (unpaired) electrons. The molecular weight excluding hydrogens is 358 g/mol. The van der Waals surface area contributed by atoms with Crippen molar-refractivity contribution < 1.29 is 14.3 Å². The van der Waals surface area contributed by atoms with Gasteiger partial charge < -0.3 is 24.7 Å². The number of aromatic nitrogens is 3. The fraction of sp³-hybridized carbons (Fsp3) is 0.450. The van der Waals surface area contributed by atoms with E-state index >= 15 is 0 Å². The topological polar surface area (TPSA) is 92.4 Å². The summed E-state index contributed by atoms with van der Waals surface area (Å²) in [5.74, 6) is 0.882. The molecular formula is C20H25N5O3. The Bertz CT molecular complexity index is 994. The second kappa shape index (κ2) is 7.27. The van der Waals surface area contributed by atoms with Crippen molar-refractivity contribution in [2.45, 2.75) is 32.5 Å². The van der Waals surface area contributed by atoms with E-state index in [0.717, 1.165) is 34.3 Å². The minimum atomic E-state index is -0.522. The molecule has 1 amide bonds. The van der Waals surface area contributed by atoms with Crippen LogP contribution in [0.25, 0.3) is 21.9 Å². The highest BCUT2D eigenvalue weighted by molar-refractivity contribution is 6.11. The summed E-state index contributed by atoms with van der Waals surface area (Å²) in [6.45, 7) is 7.82. The molecule has 1 aromatic carbocycles. The van der Waals surface area contributed by atoms with E-state index in [0.29, 0.717) is 19.7 Å². The number of nitrogens with zero attached hydrogens (tertiary/aromatic N) is 3. The number of nitrogens with one attached hydrogen (secondary N) is 2. The summed E-state index contributed by atoms with van der Waals surface area (Å²) in [5.41, 5.74) is 1.34. The van der Waals surface area contributed by atoms with Gasteiger partial charge in [-0.15, -0.1) is 0 Å². The molecule has 0 bridgehead atoms. The number of hydrogen-bond acceptors (Lipinski definition) is 6. The predicted molar refractivity (Wildman–Crippen MR) is 108 cm³/mol. The van der Waals surface area contributed by atoms with Crippen LogP contribution in [0.2, 0.25) is 0 Å². The number of fused-ring (bicyclic) bond motifs is 3. The highest BCUT2D eigenvalue weighted by atomic mass is 16.6. The molecule has 4 rings (SSSR count). The first-order valence-electron chi connectivity index (χ1n) is 9.45. The van der Waals surface area contributed by atoms with Gasteiger partial charge in [0.1, 0.15) is 23.4 Å². The number of para-hydroxylation sites is 1. The van der Waals surface area contributed by atoms with E-state index in [4.69, 9.17) is 9.47 Å². The molecule has 28 heavy (non-hydrogen) atoms. The van der Waals surface area contributed by atoms with Crippen LogP contribution in [0, 0.1) is 0 Å². The number of ether oxygens (including phenoxy) is 2. The molecule has 3 aromatic rings. The third-order valence-electron chi connectivity index (χ3n) is 4.59. The second-order valence-corrected chi connectivity index (χ2v) is 7.91. The summed E-state index contributed by atoms with van der Waals surface area (Å²) in [4.78, 5) is 26.4. The number of carbonyl (C=O) groups is 1. The van der Waals surface area contributed by atoms with Gasteiger partial charge in [0, 0.05) is 30.5 Å². The Morgan fingerprint density at radius 2 is 2.18 bits per heavy atom. The van der Waals surface area contributed by atoms with Crippen molar-refractivity contribution in [3.05, 3.63) is 30.6 Å². The molecule has 1 saturated heterocycles. The molecule has 1 aliphatic rings. The Hall–Kier alpha value is -2.87. The Morgan fingerprint density at radius 1 is 1.36 bits per heavy atom. The van der Waals surface area contributed by atoms with Crippen molar-refractivity contribution in [1.82, 2.24) is 20.3 Å². The van der Waals surface area contributed by atoms with Crippen LogP contribution in [0.3, 0.4) is 0 Å². The zero-order valence-corrected chi connectivity index (χ0v) is 16.4. The number of amides is 1. The van der Waals surface area contributed by atoms with Crippen LogP contribution in [0.1, 0.15) is 20.8 Å². The molecule has 1 fully saturated rings. The lowest BCUT2D eigenvalue weighted by atomic mass is 10.2. The molecule has 1 atom stereocenters. The van der Waals surface area contributed by atoms with Gasteiger partial charge in [0.05, 0.1) is 18.1 Å². The summed E-state index contributed by atoms with van der Waals surface area (Å²) in [6, 6.07) is 8.12. The first-order chi connectivity index (χ1) is 13.4. The highest BCUT2D eigenvalue weighted by Gasteiger charge is 2.25. The average molecular weight is 383 g/mol. The van der Waals surface area contributed by atoms with E-state index in [9.17, 15) is 4.79 Å². The van der Waals surface area contributed by atoms with Gasteiger partial charge in [-0.2, -0.15) is 0 Å². The molecule has 2 aromatic heterocycles. The van der Waals surface area contributed by atoms with Crippen molar-refractivity contribution in [1.29, 1.82) is 0 Å². The normalized spacial score (nSPS) is 17.8. The Balaban J connectivity index is 1.51. The number of morpholine rings is 1. The predicted octanol–water partition coefficient (Wildman–Crippen LogP) is 2.84. The summed E-state index contributed by atoms with van der Waals surface area (Å²) in [6.07, 6.45) is 1.00. The Morgan fingerprint density at radius 3 is 3.00 bits per heavy atom. The van der Waals surface area contributed by atoms with Gasteiger partial charge in [0.25, 0.3) is 0 Å². The smallest absolute Gasteiger partial charge is 0.407 e. The van der Waals surface area contributed by atoms with E-state index in [1.807, 2.05) is 39.0 Å². The standard InChI is InChI=1S/C20H25N5O3/c1-20(2,3)28-19(26)21-10-13-11-25(8-9-27-13)18-16-14-6-4-5-7-15(14)24-17(16)22-12-23-18/h4-7,12-13H,8-11H2,1-3H3,(H,21,26)(H,22,23,24). The largest absolute Gasteiger partial charge is 0.444 e. The molecule has 0 aliphatic carbocycles. The van der Waals surface area contributed by atoms with Crippen molar-refractivity contribution >= 4 is 33.8 Å². The molecule has 148 valence electrons. The van der Waals surface area contributed by atoms with E-state index in [2.05, 4.69) is 31.2 Å². The number of benzene rings is 1. The third kappa shape index (κ3) is 3.87. The Labute approximate surface area is 163 Å². The number of alkyl carbamates (subject to hydrolysis) is 1. The van der Waals surface area contributed by atoms with Crippen LogP contribution < -0.4 is 10.2 Å². The lowest BCUT2D eigenvalue weighted by Crippen LogP contribution is -2.48. The SMILES string of the molecule is CC(C)(C)OC(=O)NCC1CN(c2ncnc3[nH]c4ccccc4c23)CCO1. The van der Waals surface area contributed by atoms with Crippen LogP contribution >= 0.6 is 0 Å². The van der Waals surface area contributed by atoms with Gasteiger partial charge in [-0.05, 0) is 26.8 Å². The summed E-state index contributed by atoms with van der Waals surface area (Å²) in [5, 5.41) is 4.90. The van der Waals surface area contributed by atoms with Crippen LogP contribution in [-0.2, 0) is 9.47 Å². The van der Waals surface area contributed by atoms with Gasteiger partial charge in [0.2, 0.25) is 0 Å². The fourth-order valence-electron chi connectivity index (χ4n) is 3.44. The number of H-pyrrole nitrogens is 1. The summed E-state index contributed by atoms with van der Waals surface area (Å²) >= 11 is 0. The molecule has 0 saturated carbocycles. The second-order valence-electron chi connectivity index (χ2n) is 7.91. The first kappa shape index (κ1) is 18.5. The van der Waals surface area contributed by atoms with E-state index in [-0.39, 0.29) is 6.10 Å². The number of rotatable bonds is 3. The van der Waals surface area contributed by atoms with Crippen LogP contribution in [0.15, 0.2) is 30.6 Å². The highest BCUT2D eigenvalue weighted by Crippen LogP contribution is 2.31.